The third kappa shape index (κ3) is 3.50. The fraction of sp³-hybridized carbons (Fsp3) is 0.381. The summed E-state index contributed by atoms with van der Waals surface area (Å²) in [5.41, 5.74) is 4.43. The summed E-state index contributed by atoms with van der Waals surface area (Å²) in [5.74, 6) is -0.182. The van der Waals surface area contributed by atoms with E-state index in [1.165, 1.54) is 28.8 Å². The smallest absolute Gasteiger partial charge is 0.230 e. The standard InChI is InChI=1S/C21H24FNO/c1-15-5-6-17(16(2)14-15)4-3-13-23-20(24)21(11-12-21)18-7-9-19(22)10-8-18/h5-10,14H,3-4,11-13H2,1-2H3,(H,23,24). The summed E-state index contributed by atoms with van der Waals surface area (Å²) >= 11 is 0. The Kier molecular flexibility index (Phi) is 4.70. The number of rotatable bonds is 6. The third-order valence-corrected chi connectivity index (χ3v) is 4.99. The predicted molar refractivity (Wildman–Crippen MR) is 94.6 cm³/mol. The lowest BCUT2D eigenvalue weighted by Crippen LogP contribution is -2.35. The van der Waals surface area contributed by atoms with E-state index in [0.29, 0.717) is 6.54 Å². The van der Waals surface area contributed by atoms with Crippen LogP contribution in [0.15, 0.2) is 42.5 Å². The number of amides is 1. The first kappa shape index (κ1) is 16.7. The van der Waals surface area contributed by atoms with E-state index in [1.54, 1.807) is 12.1 Å². The van der Waals surface area contributed by atoms with Crippen LogP contribution in [0.2, 0.25) is 0 Å². The Hall–Kier alpha value is -2.16. The summed E-state index contributed by atoms with van der Waals surface area (Å²) < 4.78 is 13.1. The maximum Gasteiger partial charge on any atom is 0.230 e. The van der Waals surface area contributed by atoms with E-state index < -0.39 is 5.41 Å². The van der Waals surface area contributed by atoms with Crippen molar-refractivity contribution in [3.05, 3.63) is 70.5 Å². The van der Waals surface area contributed by atoms with Gasteiger partial charge in [0.2, 0.25) is 5.91 Å². The van der Waals surface area contributed by atoms with E-state index in [0.717, 1.165) is 31.2 Å². The van der Waals surface area contributed by atoms with Gasteiger partial charge in [0, 0.05) is 6.54 Å². The topological polar surface area (TPSA) is 29.1 Å². The molecular weight excluding hydrogens is 301 g/mol. The minimum Gasteiger partial charge on any atom is -0.355 e. The first-order chi connectivity index (χ1) is 11.5. The second-order valence-corrected chi connectivity index (χ2v) is 6.88. The summed E-state index contributed by atoms with van der Waals surface area (Å²) in [6.07, 6.45) is 3.59. The van der Waals surface area contributed by atoms with Gasteiger partial charge in [-0.1, -0.05) is 35.9 Å². The monoisotopic (exact) mass is 325 g/mol. The normalized spacial score (nSPS) is 15.1. The highest BCUT2D eigenvalue weighted by molar-refractivity contribution is 5.91. The van der Waals surface area contributed by atoms with Crippen LogP contribution in [0, 0.1) is 19.7 Å². The van der Waals surface area contributed by atoms with Crippen molar-refractivity contribution in [3.63, 3.8) is 0 Å². The maximum absolute atomic E-state index is 13.1. The Morgan fingerprint density at radius 1 is 1.12 bits per heavy atom. The highest BCUT2D eigenvalue weighted by Crippen LogP contribution is 2.48. The quantitative estimate of drug-likeness (QED) is 0.792. The largest absolute Gasteiger partial charge is 0.355 e. The SMILES string of the molecule is Cc1ccc(CCCNC(=O)C2(c3ccc(F)cc3)CC2)c(C)c1. The zero-order valence-electron chi connectivity index (χ0n) is 14.4. The van der Waals surface area contributed by atoms with Crippen LogP contribution in [-0.4, -0.2) is 12.5 Å². The van der Waals surface area contributed by atoms with Crippen LogP contribution in [0.5, 0.6) is 0 Å². The molecule has 0 aliphatic heterocycles. The van der Waals surface area contributed by atoms with Gasteiger partial charge in [-0.25, -0.2) is 4.39 Å². The average Bonchev–Trinajstić information content (AvgIpc) is 3.35. The molecule has 0 saturated heterocycles. The van der Waals surface area contributed by atoms with Crippen LogP contribution in [0.1, 0.15) is 41.5 Å². The van der Waals surface area contributed by atoms with Crippen molar-refractivity contribution in [2.75, 3.05) is 6.54 Å². The second-order valence-electron chi connectivity index (χ2n) is 6.88. The molecule has 1 amide bonds. The Labute approximate surface area is 143 Å². The van der Waals surface area contributed by atoms with Crippen molar-refractivity contribution in [1.29, 1.82) is 0 Å². The number of hydrogen-bond donors (Lipinski definition) is 1. The lowest BCUT2D eigenvalue weighted by atomic mass is 9.95. The summed E-state index contributed by atoms with van der Waals surface area (Å²) in [5, 5.41) is 3.07. The lowest BCUT2D eigenvalue weighted by molar-refractivity contribution is -0.123. The Morgan fingerprint density at radius 2 is 1.83 bits per heavy atom. The third-order valence-electron chi connectivity index (χ3n) is 4.99. The molecule has 24 heavy (non-hydrogen) atoms. The Balaban J connectivity index is 1.51. The van der Waals surface area contributed by atoms with Gasteiger partial charge >= 0.3 is 0 Å². The van der Waals surface area contributed by atoms with E-state index in [4.69, 9.17) is 0 Å². The highest BCUT2D eigenvalue weighted by Gasteiger charge is 2.50. The van der Waals surface area contributed by atoms with Gasteiger partial charge in [-0.3, -0.25) is 4.79 Å². The molecule has 0 bridgehead atoms. The summed E-state index contributed by atoms with van der Waals surface area (Å²) in [4.78, 5) is 12.5. The molecular formula is C21H24FNO. The van der Waals surface area contributed by atoms with Gasteiger partial charge in [0.15, 0.2) is 0 Å². The van der Waals surface area contributed by atoms with E-state index in [2.05, 4.69) is 37.4 Å². The zero-order chi connectivity index (χ0) is 17.2. The van der Waals surface area contributed by atoms with Gasteiger partial charge < -0.3 is 5.32 Å². The highest BCUT2D eigenvalue weighted by atomic mass is 19.1. The predicted octanol–water partition coefficient (Wildman–Crippen LogP) is 4.22. The van der Waals surface area contributed by atoms with Crippen LogP contribution in [0.4, 0.5) is 4.39 Å². The van der Waals surface area contributed by atoms with Gasteiger partial charge in [-0.2, -0.15) is 0 Å². The molecule has 126 valence electrons. The molecule has 2 aromatic carbocycles. The molecule has 0 heterocycles. The molecule has 1 fully saturated rings. The van der Waals surface area contributed by atoms with Crippen LogP contribution in [0.3, 0.4) is 0 Å². The zero-order valence-corrected chi connectivity index (χ0v) is 14.4. The van der Waals surface area contributed by atoms with Gasteiger partial charge in [0.1, 0.15) is 5.82 Å². The minimum atomic E-state index is -0.423. The fourth-order valence-electron chi connectivity index (χ4n) is 3.32. The average molecular weight is 325 g/mol. The van der Waals surface area contributed by atoms with Gasteiger partial charge in [0.05, 0.1) is 5.41 Å². The first-order valence-electron chi connectivity index (χ1n) is 8.62. The molecule has 3 heteroatoms. The Bertz CT molecular complexity index is 732. The lowest BCUT2D eigenvalue weighted by Gasteiger charge is -2.16. The molecule has 0 aromatic heterocycles. The Morgan fingerprint density at radius 3 is 2.46 bits per heavy atom. The molecule has 2 nitrogen and oxygen atoms in total. The molecule has 1 saturated carbocycles. The van der Waals surface area contributed by atoms with Crippen molar-refractivity contribution in [1.82, 2.24) is 5.32 Å². The molecule has 1 aliphatic rings. The molecule has 1 aliphatic carbocycles. The van der Waals surface area contributed by atoms with Crippen LogP contribution in [-0.2, 0) is 16.6 Å². The van der Waals surface area contributed by atoms with Crippen molar-refractivity contribution >= 4 is 5.91 Å². The summed E-state index contributed by atoms with van der Waals surface area (Å²) in [6, 6.07) is 12.8. The number of hydrogen-bond acceptors (Lipinski definition) is 1. The molecule has 0 spiro atoms. The molecule has 0 radical (unpaired) electrons. The van der Waals surface area contributed by atoms with Crippen molar-refractivity contribution in [3.8, 4) is 0 Å². The van der Waals surface area contributed by atoms with Gasteiger partial charge in [-0.05, 0) is 68.4 Å². The number of carbonyl (C=O) groups is 1. The summed E-state index contributed by atoms with van der Waals surface area (Å²) in [7, 11) is 0. The van der Waals surface area contributed by atoms with E-state index >= 15 is 0 Å². The van der Waals surface area contributed by atoms with Crippen LogP contribution >= 0.6 is 0 Å². The fourth-order valence-corrected chi connectivity index (χ4v) is 3.32. The molecule has 0 unspecified atom stereocenters. The number of benzene rings is 2. The van der Waals surface area contributed by atoms with E-state index in [1.807, 2.05) is 0 Å². The summed E-state index contributed by atoms with van der Waals surface area (Å²) in [6.45, 7) is 4.91. The van der Waals surface area contributed by atoms with Crippen LogP contribution < -0.4 is 5.32 Å². The number of carbonyl (C=O) groups excluding carboxylic acids is 1. The van der Waals surface area contributed by atoms with Crippen molar-refractivity contribution < 1.29 is 9.18 Å². The molecule has 0 atom stereocenters. The van der Waals surface area contributed by atoms with Crippen LogP contribution in [0.25, 0.3) is 0 Å². The van der Waals surface area contributed by atoms with Gasteiger partial charge in [0.25, 0.3) is 0 Å². The number of aryl methyl sites for hydroxylation is 3. The maximum atomic E-state index is 13.1. The van der Waals surface area contributed by atoms with Crippen molar-refractivity contribution in [2.45, 2.75) is 44.9 Å². The minimum absolute atomic E-state index is 0.0785. The number of halogens is 1. The van der Waals surface area contributed by atoms with E-state index in [9.17, 15) is 9.18 Å². The molecule has 2 aromatic rings. The number of nitrogens with one attached hydrogen (secondary N) is 1. The molecule has 1 N–H and O–H groups in total. The first-order valence-corrected chi connectivity index (χ1v) is 8.62. The van der Waals surface area contributed by atoms with Crippen molar-refractivity contribution in [2.24, 2.45) is 0 Å². The molecule has 3 rings (SSSR count). The van der Waals surface area contributed by atoms with Gasteiger partial charge in [-0.15, -0.1) is 0 Å². The van der Waals surface area contributed by atoms with E-state index in [-0.39, 0.29) is 11.7 Å². The second kappa shape index (κ2) is 6.76.